The zero-order chi connectivity index (χ0) is 12.6. The molecule has 1 saturated carbocycles. The van der Waals surface area contributed by atoms with Gasteiger partial charge in [-0.15, -0.1) is 0 Å². The van der Waals surface area contributed by atoms with Gasteiger partial charge in [0.05, 0.1) is 11.7 Å². The van der Waals surface area contributed by atoms with Crippen molar-refractivity contribution in [3.05, 3.63) is 29.8 Å². The molecule has 1 aromatic carbocycles. The summed E-state index contributed by atoms with van der Waals surface area (Å²) in [5.74, 6) is 6.48. The molecule has 18 heavy (non-hydrogen) atoms. The van der Waals surface area contributed by atoms with E-state index in [9.17, 15) is 0 Å². The van der Waals surface area contributed by atoms with E-state index >= 15 is 0 Å². The van der Waals surface area contributed by atoms with Crippen LogP contribution in [0.25, 0.3) is 0 Å². The molecule has 2 nitrogen and oxygen atoms in total. The van der Waals surface area contributed by atoms with Gasteiger partial charge in [0.1, 0.15) is 12.4 Å². The molecule has 1 aliphatic rings. The lowest BCUT2D eigenvalue weighted by Crippen LogP contribution is -2.15. The number of benzene rings is 1. The quantitative estimate of drug-likeness (QED) is 0.639. The number of ether oxygens (including phenoxy) is 1. The highest BCUT2D eigenvalue weighted by molar-refractivity contribution is 5.46. The van der Waals surface area contributed by atoms with Crippen LogP contribution in [0.5, 0.6) is 5.75 Å². The molecule has 0 bridgehead atoms. The summed E-state index contributed by atoms with van der Waals surface area (Å²) in [6.45, 7) is -0.113. The van der Waals surface area contributed by atoms with E-state index in [2.05, 4.69) is 11.8 Å². The molecule has 0 aromatic heterocycles. The van der Waals surface area contributed by atoms with Crippen molar-refractivity contribution in [2.24, 2.45) is 0 Å². The fraction of sp³-hybridized carbons (Fsp3) is 0.500. The molecule has 2 heteroatoms. The number of aliphatic hydroxyl groups is 1. The van der Waals surface area contributed by atoms with Crippen molar-refractivity contribution in [1.29, 1.82) is 0 Å². The van der Waals surface area contributed by atoms with Gasteiger partial charge in [0.25, 0.3) is 0 Å². The second kappa shape index (κ2) is 7.08. The third-order valence-corrected chi connectivity index (χ3v) is 3.29. The average Bonchev–Trinajstić information content (AvgIpc) is 2.66. The average molecular weight is 244 g/mol. The van der Waals surface area contributed by atoms with E-state index in [-0.39, 0.29) is 6.61 Å². The van der Waals surface area contributed by atoms with Crippen molar-refractivity contribution in [2.45, 2.75) is 44.6 Å². The van der Waals surface area contributed by atoms with Crippen molar-refractivity contribution in [1.82, 2.24) is 0 Å². The zero-order valence-corrected chi connectivity index (χ0v) is 10.7. The van der Waals surface area contributed by atoms with E-state index in [0.29, 0.717) is 6.10 Å². The minimum Gasteiger partial charge on any atom is -0.489 e. The predicted octanol–water partition coefficient (Wildman–Crippen LogP) is 3.13. The maximum Gasteiger partial charge on any atom is 0.135 e. The lowest BCUT2D eigenvalue weighted by Gasteiger charge is -2.17. The first kappa shape index (κ1) is 13.0. The maximum absolute atomic E-state index is 8.76. The van der Waals surface area contributed by atoms with Crippen LogP contribution in [-0.4, -0.2) is 17.8 Å². The Morgan fingerprint density at radius 1 is 1.11 bits per heavy atom. The molecule has 0 heterocycles. The summed E-state index contributed by atoms with van der Waals surface area (Å²) in [7, 11) is 0. The second-order valence-electron chi connectivity index (χ2n) is 4.69. The van der Waals surface area contributed by atoms with Crippen molar-refractivity contribution < 1.29 is 9.84 Å². The molecule has 0 unspecified atom stereocenters. The Morgan fingerprint density at radius 2 is 1.83 bits per heavy atom. The van der Waals surface area contributed by atoms with E-state index in [4.69, 9.17) is 9.84 Å². The van der Waals surface area contributed by atoms with Gasteiger partial charge in [-0.25, -0.2) is 0 Å². The monoisotopic (exact) mass is 244 g/mol. The van der Waals surface area contributed by atoms with Crippen molar-refractivity contribution in [3.63, 3.8) is 0 Å². The Labute approximate surface area is 109 Å². The fourth-order valence-corrected chi connectivity index (χ4v) is 2.35. The van der Waals surface area contributed by atoms with Gasteiger partial charge in [-0.1, -0.05) is 36.8 Å². The Morgan fingerprint density at radius 3 is 2.56 bits per heavy atom. The van der Waals surface area contributed by atoms with Gasteiger partial charge in [-0.05, 0) is 37.8 Å². The number of para-hydroxylation sites is 1. The first-order valence-electron chi connectivity index (χ1n) is 6.75. The van der Waals surface area contributed by atoms with Gasteiger partial charge >= 0.3 is 0 Å². The minimum absolute atomic E-state index is 0.113. The SMILES string of the molecule is OCC#Cc1ccccc1OC1CCCCCC1. The van der Waals surface area contributed by atoms with Crippen molar-refractivity contribution in [3.8, 4) is 17.6 Å². The molecule has 0 aliphatic heterocycles. The van der Waals surface area contributed by atoms with Gasteiger partial charge in [-0.3, -0.25) is 0 Å². The van der Waals surface area contributed by atoms with E-state index in [1.807, 2.05) is 24.3 Å². The smallest absolute Gasteiger partial charge is 0.135 e. The normalized spacial score (nSPS) is 16.5. The van der Waals surface area contributed by atoms with E-state index in [1.54, 1.807) is 0 Å². The molecule has 0 amide bonds. The minimum atomic E-state index is -0.113. The zero-order valence-electron chi connectivity index (χ0n) is 10.7. The van der Waals surface area contributed by atoms with Crippen LogP contribution >= 0.6 is 0 Å². The molecular weight excluding hydrogens is 224 g/mol. The van der Waals surface area contributed by atoms with Crippen LogP contribution in [-0.2, 0) is 0 Å². The molecule has 1 fully saturated rings. The van der Waals surface area contributed by atoms with E-state index in [0.717, 1.165) is 24.2 Å². The summed E-state index contributed by atoms with van der Waals surface area (Å²) >= 11 is 0. The van der Waals surface area contributed by atoms with E-state index < -0.39 is 0 Å². The van der Waals surface area contributed by atoms with Crippen LogP contribution in [0.4, 0.5) is 0 Å². The van der Waals surface area contributed by atoms with Gasteiger partial charge < -0.3 is 9.84 Å². The van der Waals surface area contributed by atoms with Crippen LogP contribution < -0.4 is 4.74 Å². The fourth-order valence-electron chi connectivity index (χ4n) is 2.35. The van der Waals surface area contributed by atoms with Crippen LogP contribution in [0.1, 0.15) is 44.1 Å². The largest absolute Gasteiger partial charge is 0.489 e. The Bertz CT molecular complexity index is 420. The van der Waals surface area contributed by atoms with Crippen LogP contribution in [0.2, 0.25) is 0 Å². The standard InChI is InChI=1S/C16H20O2/c17-13-7-9-14-8-5-6-12-16(14)18-15-10-3-1-2-4-11-15/h5-6,8,12,15,17H,1-4,10-11,13H2. The molecule has 1 aromatic rings. The topological polar surface area (TPSA) is 29.5 Å². The summed E-state index contributed by atoms with van der Waals surface area (Å²) in [6.07, 6.45) is 7.77. The van der Waals surface area contributed by atoms with E-state index in [1.165, 1.54) is 25.7 Å². The lowest BCUT2D eigenvalue weighted by atomic mass is 10.1. The van der Waals surface area contributed by atoms with Crippen LogP contribution in [0.3, 0.4) is 0 Å². The number of hydrogen-bond acceptors (Lipinski definition) is 2. The number of aliphatic hydroxyl groups excluding tert-OH is 1. The third-order valence-electron chi connectivity index (χ3n) is 3.29. The molecule has 1 N–H and O–H groups in total. The maximum atomic E-state index is 8.76. The van der Waals surface area contributed by atoms with Gasteiger partial charge in [-0.2, -0.15) is 0 Å². The van der Waals surface area contributed by atoms with Gasteiger partial charge in [0, 0.05) is 0 Å². The summed E-state index contributed by atoms with van der Waals surface area (Å²) in [6, 6.07) is 7.82. The molecule has 0 atom stereocenters. The highest BCUT2D eigenvalue weighted by Crippen LogP contribution is 2.24. The van der Waals surface area contributed by atoms with Gasteiger partial charge in [0.15, 0.2) is 0 Å². The molecule has 0 saturated heterocycles. The highest BCUT2D eigenvalue weighted by atomic mass is 16.5. The first-order valence-corrected chi connectivity index (χ1v) is 6.75. The van der Waals surface area contributed by atoms with Crippen LogP contribution in [0, 0.1) is 11.8 Å². The number of rotatable bonds is 2. The first-order chi connectivity index (χ1) is 8.90. The van der Waals surface area contributed by atoms with Gasteiger partial charge in [0.2, 0.25) is 0 Å². The summed E-state index contributed by atoms with van der Waals surface area (Å²) in [5, 5.41) is 8.76. The molecule has 0 spiro atoms. The molecule has 0 radical (unpaired) electrons. The molecule has 2 rings (SSSR count). The molecule has 96 valence electrons. The Hall–Kier alpha value is -1.46. The summed E-state index contributed by atoms with van der Waals surface area (Å²) in [5.41, 5.74) is 0.871. The predicted molar refractivity (Wildman–Crippen MR) is 72.5 cm³/mol. The Kier molecular flexibility index (Phi) is 5.11. The Balaban J connectivity index is 2.07. The number of hydrogen-bond donors (Lipinski definition) is 1. The highest BCUT2D eigenvalue weighted by Gasteiger charge is 2.14. The van der Waals surface area contributed by atoms with Crippen molar-refractivity contribution in [2.75, 3.05) is 6.61 Å². The third kappa shape index (κ3) is 3.78. The van der Waals surface area contributed by atoms with Crippen molar-refractivity contribution >= 4 is 0 Å². The van der Waals surface area contributed by atoms with Crippen LogP contribution in [0.15, 0.2) is 24.3 Å². The summed E-state index contributed by atoms with van der Waals surface area (Å²) < 4.78 is 6.08. The molecular formula is C16H20O2. The molecule has 1 aliphatic carbocycles. The lowest BCUT2D eigenvalue weighted by molar-refractivity contribution is 0.183. The summed E-state index contributed by atoms with van der Waals surface area (Å²) in [4.78, 5) is 0. The second-order valence-corrected chi connectivity index (χ2v) is 4.69.